The number of rotatable bonds is 4. The van der Waals surface area contributed by atoms with Crippen LogP contribution in [0.5, 0.6) is 0 Å². The quantitative estimate of drug-likeness (QED) is 0.334. The first-order valence-corrected chi connectivity index (χ1v) is 8.98. The maximum atomic E-state index is 4.78. The highest BCUT2D eigenvalue weighted by Crippen LogP contribution is 2.32. The number of benzene rings is 2. The summed E-state index contributed by atoms with van der Waals surface area (Å²) in [5.41, 5.74) is 6.16. The molecule has 0 bridgehead atoms. The van der Waals surface area contributed by atoms with E-state index in [2.05, 4.69) is 67.8 Å². The minimum Gasteiger partial charge on any atom is -0.299 e. The number of aromatic nitrogens is 2. The molecule has 0 radical (unpaired) electrons. The lowest BCUT2D eigenvalue weighted by molar-refractivity contribution is 0.718. The van der Waals surface area contributed by atoms with Gasteiger partial charge in [-0.3, -0.25) is 4.40 Å². The molecule has 24 heavy (non-hydrogen) atoms. The third-order valence-corrected chi connectivity index (χ3v) is 5.00. The summed E-state index contributed by atoms with van der Waals surface area (Å²) in [4.78, 5) is 4.78. The van der Waals surface area contributed by atoms with Crippen LogP contribution in [0.1, 0.15) is 43.0 Å². The Bertz CT molecular complexity index is 1040. The molecule has 0 N–H and O–H groups in total. The molecule has 2 heteroatoms. The first-order valence-electron chi connectivity index (χ1n) is 8.98. The third kappa shape index (κ3) is 2.37. The van der Waals surface area contributed by atoms with Crippen LogP contribution in [0.4, 0.5) is 0 Å². The molecular formula is C22H24N2. The summed E-state index contributed by atoms with van der Waals surface area (Å²) in [6.07, 6.45) is 7.15. The summed E-state index contributed by atoms with van der Waals surface area (Å²) in [6.45, 7) is 6.53. The van der Waals surface area contributed by atoms with Gasteiger partial charge >= 0.3 is 0 Å². The van der Waals surface area contributed by atoms with Gasteiger partial charge in [0, 0.05) is 17.0 Å². The van der Waals surface area contributed by atoms with Crippen LogP contribution in [-0.2, 0) is 6.42 Å². The van der Waals surface area contributed by atoms with Crippen LogP contribution in [0.2, 0.25) is 0 Å². The van der Waals surface area contributed by atoms with Crippen LogP contribution < -0.4 is 0 Å². The maximum Gasteiger partial charge on any atom is 0.145 e. The standard InChI is InChI=1S/C22H24N2/c1-4-5-6-9-17-11-12-20-19(13-17)21-15(2)8-7-10-18(21)22-23-16(3)14-24(20)22/h7-8,10-14H,4-6,9H2,1-3H3. The van der Waals surface area contributed by atoms with Crippen molar-refractivity contribution in [2.75, 3.05) is 0 Å². The van der Waals surface area contributed by atoms with Crippen LogP contribution in [-0.4, -0.2) is 9.38 Å². The van der Waals surface area contributed by atoms with Crippen LogP contribution >= 0.6 is 0 Å². The lowest BCUT2D eigenvalue weighted by Gasteiger charge is -2.12. The summed E-state index contributed by atoms with van der Waals surface area (Å²) in [6, 6.07) is 13.5. The van der Waals surface area contributed by atoms with Crippen molar-refractivity contribution >= 4 is 27.3 Å². The fourth-order valence-electron chi connectivity index (χ4n) is 3.81. The molecule has 4 aromatic rings. The van der Waals surface area contributed by atoms with Gasteiger partial charge < -0.3 is 0 Å². The minimum absolute atomic E-state index is 1.07. The van der Waals surface area contributed by atoms with E-state index in [1.54, 1.807) is 0 Å². The van der Waals surface area contributed by atoms with E-state index >= 15 is 0 Å². The van der Waals surface area contributed by atoms with Gasteiger partial charge in [0.15, 0.2) is 0 Å². The highest BCUT2D eigenvalue weighted by molar-refractivity contribution is 6.13. The van der Waals surface area contributed by atoms with Gasteiger partial charge in [0.2, 0.25) is 0 Å². The van der Waals surface area contributed by atoms with Crippen molar-refractivity contribution in [2.45, 2.75) is 46.5 Å². The minimum atomic E-state index is 1.07. The second-order valence-electron chi connectivity index (χ2n) is 6.88. The normalized spacial score (nSPS) is 11.8. The zero-order valence-corrected chi connectivity index (χ0v) is 14.8. The number of aryl methyl sites for hydroxylation is 3. The van der Waals surface area contributed by atoms with Crippen LogP contribution in [0.15, 0.2) is 42.6 Å². The molecule has 2 nitrogen and oxygen atoms in total. The molecule has 0 amide bonds. The molecule has 2 aromatic heterocycles. The summed E-state index contributed by atoms with van der Waals surface area (Å²) in [7, 11) is 0. The van der Waals surface area contributed by atoms with Crippen molar-refractivity contribution in [1.82, 2.24) is 9.38 Å². The van der Waals surface area contributed by atoms with Gasteiger partial charge in [0.05, 0.1) is 11.2 Å². The first kappa shape index (κ1) is 15.2. The van der Waals surface area contributed by atoms with E-state index in [-0.39, 0.29) is 0 Å². The molecule has 122 valence electrons. The van der Waals surface area contributed by atoms with Crippen molar-refractivity contribution in [2.24, 2.45) is 0 Å². The highest BCUT2D eigenvalue weighted by Gasteiger charge is 2.12. The molecule has 0 saturated carbocycles. The van der Waals surface area contributed by atoms with E-state index in [0.29, 0.717) is 0 Å². The van der Waals surface area contributed by atoms with Crippen LogP contribution in [0.3, 0.4) is 0 Å². The molecule has 0 unspecified atom stereocenters. The second kappa shape index (κ2) is 5.94. The van der Waals surface area contributed by atoms with Crippen molar-refractivity contribution in [1.29, 1.82) is 0 Å². The van der Waals surface area contributed by atoms with Gasteiger partial charge in [-0.1, -0.05) is 44.0 Å². The summed E-state index contributed by atoms with van der Waals surface area (Å²) >= 11 is 0. The van der Waals surface area contributed by atoms with Crippen LogP contribution in [0, 0.1) is 13.8 Å². The Morgan fingerprint density at radius 1 is 1.00 bits per heavy atom. The van der Waals surface area contributed by atoms with E-state index in [1.165, 1.54) is 52.1 Å². The first-order chi connectivity index (χ1) is 11.7. The lowest BCUT2D eigenvalue weighted by atomic mass is 9.98. The van der Waals surface area contributed by atoms with E-state index in [1.807, 2.05) is 0 Å². The smallest absolute Gasteiger partial charge is 0.145 e. The van der Waals surface area contributed by atoms with Crippen LogP contribution in [0.25, 0.3) is 27.3 Å². The number of imidazole rings is 1. The molecule has 0 aliphatic heterocycles. The number of fused-ring (bicyclic) bond motifs is 6. The van der Waals surface area contributed by atoms with E-state index in [4.69, 9.17) is 4.98 Å². The van der Waals surface area contributed by atoms with Crippen molar-refractivity contribution < 1.29 is 0 Å². The maximum absolute atomic E-state index is 4.78. The number of hydrogen-bond acceptors (Lipinski definition) is 1. The zero-order valence-electron chi connectivity index (χ0n) is 14.8. The number of pyridine rings is 1. The summed E-state index contributed by atoms with van der Waals surface area (Å²) < 4.78 is 2.25. The largest absolute Gasteiger partial charge is 0.299 e. The molecule has 0 aliphatic carbocycles. The fraction of sp³-hybridized carbons (Fsp3) is 0.318. The Morgan fingerprint density at radius 3 is 2.71 bits per heavy atom. The fourth-order valence-corrected chi connectivity index (χ4v) is 3.81. The van der Waals surface area contributed by atoms with Gasteiger partial charge in [0.25, 0.3) is 0 Å². The average molecular weight is 316 g/mol. The summed E-state index contributed by atoms with van der Waals surface area (Å²) in [5, 5.41) is 3.95. The third-order valence-electron chi connectivity index (χ3n) is 5.00. The molecule has 2 heterocycles. The van der Waals surface area contributed by atoms with E-state index in [0.717, 1.165) is 17.8 Å². The molecule has 0 atom stereocenters. The molecular weight excluding hydrogens is 292 g/mol. The van der Waals surface area contributed by atoms with Crippen molar-refractivity contribution in [3.05, 3.63) is 59.4 Å². The van der Waals surface area contributed by atoms with E-state index < -0.39 is 0 Å². The predicted octanol–water partition coefficient (Wildman–Crippen LogP) is 5.99. The zero-order chi connectivity index (χ0) is 16.7. The molecule has 2 aromatic carbocycles. The Morgan fingerprint density at radius 2 is 1.88 bits per heavy atom. The predicted molar refractivity (Wildman–Crippen MR) is 103 cm³/mol. The average Bonchev–Trinajstić information content (AvgIpc) is 2.97. The SMILES string of the molecule is CCCCCc1ccc2c(c1)c1c(C)cccc1c1nc(C)cn21. The molecule has 4 rings (SSSR count). The Balaban J connectivity index is 2.05. The topological polar surface area (TPSA) is 17.3 Å². The highest BCUT2D eigenvalue weighted by atomic mass is 15.0. The Labute approximate surface area is 143 Å². The number of nitrogens with zero attached hydrogens (tertiary/aromatic N) is 2. The van der Waals surface area contributed by atoms with Crippen molar-refractivity contribution in [3.8, 4) is 0 Å². The molecule has 0 spiro atoms. The Hall–Kier alpha value is -2.35. The van der Waals surface area contributed by atoms with Crippen molar-refractivity contribution in [3.63, 3.8) is 0 Å². The van der Waals surface area contributed by atoms with Gasteiger partial charge in [-0.05, 0) is 55.3 Å². The van der Waals surface area contributed by atoms with Gasteiger partial charge in [0.1, 0.15) is 5.65 Å². The van der Waals surface area contributed by atoms with Gasteiger partial charge in [-0.15, -0.1) is 0 Å². The number of hydrogen-bond donors (Lipinski definition) is 0. The molecule has 0 saturated heterocycles. The van der Waals surface area contributed by atoms with Gasteiger partial charge in [-0.25, -0.2) is 4.98 Å². The molecule has 0 aliphatic rings. The van der Waals surface area contributed by atoms with E-state index in [9.17, 15) is 0 Å². The number of unbranched alkanes of at least 4 members (excludes halogenated alkanes) is 2. The monoisotopic (exact) mass is 316 g/mol. The molecule has 0 fully saturated rings. The lowest BCUT2D eigenvalue weighted by Crippen LogP contribution is -1.94. The van der Waals surface area contributed by atoms with Gasteiger partial charge in [-0.2, -0.15) is 0 Å². The second-order valence-corrected chi connectivity index (χ2v) is 6.88. The Kier molecular flexibility index (Phi) is 3.76. The summed E-state index contributed by atoms with van der Waals surface area (Å²) in [5.74, 6) is 0.